The minimum absolute atomic E-state index is 0.144. The fourth-order valence-electron chi connectivity index (χ4n) is 0.137. The van der Waals surface area contributed by atoms with Gasteiger partial charge in [-0.25, -0.2) is 4.39 Å². The zero-order valence-corrected chi connectivity index (χ0v) is 3.37. The molecule has 1 saturated carbocycles. The largest absolute Gasteiger partial charge is 0.246 e. The predicted molar refractivity (Wildman–Crippen MR) is 19.2 cm³/mol. The summed E-state index contributed by atoms with van der Waals surface area (Å²) in [6.07, 6.45) is -0.113. The van der Waals surface area contributed by atoms with E-state index in [2.05, 4.69) is 0 Å². The average molecular weight is 94.5 g/mol. The monoisotopic (exact) mass is 94.0 g/mol. The smallest absolute Gasteiger partial charge is 0.118 e. The quantitative estimate of drug-likeness (QED) is 0.398. The number of hydrogen-bond acceptors (Lipinski definition) is 0. The molecule has 0 bridgehead atoms. The summed E-state index contributed by atoms with van der Waals surface area (Å²) in [6.45, 7) is 0. The molecule has 30 valence electrons. The van der Waals surface area contributed by atoms with Gasteiger partial charge in [0, 0.05) is 0 Å². The maximum Gasteiger partial charge on any atom is 0.118 e. The molecule has 1 rings (SSSR count). The van der Waals surface area contributed by atoms with E-state index in [4.69, 9.17) is 11.6 Å². The molecule has 0 spiro atoms. The Bertz CT molecular complexity index is 40.2. The van der Waals surface area contributed by atoms with Crippen LogP contribution in [0.1, 0.15) is 6.42 Å². The molecule has 2 heteroatoms. The van der Waals surface area contributed by atoms with Crippen LogP contribution in [-0.4, -0.2) is 11.5 Å². The minimum atomic E-state index is -0.684. The van der Waals surface area contributed by atoms with E-state index in [-0.39, 0.29) is 5.38 Å². The van der Waals surface area contributed by atoms with Gasteiger partial charge in [-0.2, -0.15) is 0 Å². The van der Waals surface area contributed by atoms with E-state index in [9.17, 15) is 4.39 Å². The van der Waals surface area contributed by atoms with Crippen molar-refractivity contribution in [1.82, 2.24) is 0 Å². The SMILES string of the molecule is F[C@@H]1C[C@@H]1Cl. The molecule has 0 N–H and O–H groups in total. The maximum atomic E-state index is 11.4. The van der Waals surface area contributed by atoms with E-state index in [0.29, 0.717) is 6.42 Å². The van der Waals surface area contributed by atoms with Gasteiger partial charge in [0.1, 0.15) is 6.17 Å². The molecule has 0 unspecified atom stereocenters. The molecule has 1 fully saturated rings. The Balaban J connectivity index is 2.20. The molecule has 0 aromatic carbocycles. The highest BCUT2D eigenvalue weighted by Crippen LogP contribution is 2.30. The first-order chi connectivity index (χ1) is 2.30. The van der Waals surface area contributed by atoms with Crippen molar-refractivity contribution in [3.63, 3.8) is 0 Å². The summed E-state index contributed by atoms with van der Waals surface area (Å²) in [5, 5.41) is -0.144. The van der Waals surface area contributed by atoms with Crippen molar-refractivity contribution < 1.29 is 4.39 Å². The third-order valence-corrected chi connectivity index (χ3v) is 1.09. The van der Waals surface area contributed by atoms with Gasteiger partial charge in [-0.1, -0.05) is 0 Å². The molecule has 0 heterocycles. The van der Waals surface area contributed by atoms with Crippen LogP contribution in [0.5, 0.6) is 0 Å². The average Bonchev–Trinajstić information content (AvgIpc) is 1.79. The second-order valence-electron chi connectivity index (χ2n) is 1.27. The highest BCUT2D eigenvalue weighted by molar-refractivity contribution is 6.22. The van der Waals surface area contributed by atoms with E-state index in [1.54, 1.807) is 0 Å². The van der Waals surface area contributed by atoms with Crippen molar-refractivity contribution in [1.29, 1.82) is 0 Å². The summed E-state index contributed by atoms with van der Waals surface area (Å²) in [4.78, 5) is 0. The third-order valence-electron chi connectivity index (χ3n) is 0.640. The molecule has 5 heavy (non-hydrogen) atoms. The molecule has 0 radical (unpaired) electrons. The zero-order chi connectivity index (χ0) is 3.86. The van der Waals surface area contributed by atoms with Gasteiger partial charge in [-0.3, -0.25) is 0 Å². The first kappa shape index (κ1) is 3.41. The first-order valence-electron chi connectivity index (χ1n) is 1.59. The van der Waals surface area contributed by atoms with Crippen molar-refractivity contribution in [2.24, 2.45) is 0 Å². The standard InChI is InChI=1S/C3H4ClF/c4-2-1-3(2)5/h2-3H,1H2/t2-,3+/m0/s1. The maximum absolute atomic E-state index is 11.4. The normalized spacial score (nSPS) is 49.2. The summed E-state index contributed by atoms with van der Waals surface area (Å²) >= 11 is 5.16. The summed E-state index contributed by atoms with van der Waals surface area (Å²) in [5.41, 5.74) is 0. The number of halogens is 2. The highest BCUT2D eigenvalue weighted by atomic mass is 35.5. The Hall–Kier alpha value is 0.220. The Morgan fingerprint density at radius 1 is 1.80 bits per heavy atom. The summed E-state index contributed by atoms with van der Waals surface area (Å²) < 4.78 is 11.4. The van der Waals surface area contributed by atoms with Crippen LogP contribution in [-0.2, 0) is 0 Å². The Morgan fingerprint density at radius 3 is 2.00 bits per heavy atom. The lowest BCUT2D eigenvalue weighted by Crippen LogP contribution is -1.66. The van der Waals surface area contributed by atoms with Gasteiger partial charge >= 0.3 is 0 Å². The van der Waals surface area contributed by atoms with Crippen LogP contribution in [0.2, 0.25) is 0 Å². The molecule has 1 aliphatic rings. The molecule has 1 aliphatic carbocycles. The molecule has 2 atom stereocenters. The molecular weight excluding hydrogens is 90.5 g/mol. The Morgan fingerprint density at radius 2 is 2.00 bits per heavy atom. The van der Waals surface area contributed by atoms with Gasteiger partial charge in [0.05, 0.1) is 5.38 Å². The molecule has 0 aliphatic heterocycles. The van der Waals surface area contributed by atoms with Crippen LogP contribution >= 0.6 is 11.6 Å². The van der Waals surface area contributed by atoms with Crippen LogP contribution in [0.25, 0.3) is 0 Å². The van der Waals surface area contributed by atoms with Crippen LogP contribution in [0, 0.1) is 0 Å². The van der Waals surface area contributed by atoms with E-state index in [0.717, 1.165) is 0 Å². The first-order valence-corrected chi connectivity index (χ1v) is 2.02. The Kier molecular flexibility index (Phi) is 0.573. The zero-order valence-electron chi connectivity index (χ0n) is 2.62. The topological polar surface area (TPSA) is 0 Å². The molecule has 0 saturated heterocycles. The van der Waals surface area contributed by atoms with E-state index < -0.39 is 6.17 Å². The lowest BCUT2D eigenvalue weighted by molar-refractivity contribution is 0.481. The van der Waals surface area contributed by atoms with Crippen molar-refractivity contribution in [2.75, 3.05) is 0 Å². The molecular formula is C3H4ClF. The fourth-order valence-corrected chi connectivity index (χ4v) is 0.307. The lowest BCUT2D eigenvalue weighted by atomic mass is 10.9. The van der Waals surface area contributed by atoms with E-state index in [1.807, 2.05) is 0 Å². The molecule has 0 aromatic rings. The predicted octanol–water partition coefficient (Wildman–Crippen LogP) is 1.34. The van der Waals surface area contributed by atoms with E-state index in [1.165, 1.54) is 0 Å². The van der Waals surface area contributed by atoms with Crippen molar-refractivity contribution in [2.45, 2.75) is 18.0 Å². The van der Waals surface area contributed by atoms with Gasteiger partial charge in [0.25, 0.3) is 0 Å². The Labute approximate surface area is 34.9 Å². The van der Waals surface area contributed by atoms with Crippen molar-refractivity contribution in [3.8, 4) is 0 Å². The highest BCUT2D eigenvalue weighted by Gasteiger charge is 2.34. The van der Waals surface area contributed by atoms with Gasteiger partial charge in [-0.15, -0.1) is 11.6 Å². The van der Waals surface area contributed by atoms with E-state index >= 15 is 0 Å². The number of hydrogen-bond donors (Lipinski definition) is 0. The second-order valence-corrected chi connectivity index (χ2v) is 1.83. The number of alkyl halides is 2. The van der Waals surface area contributed by atoms with Gasteiger partial charge in [0.15, 0.2) is 0 Å². The van der Waals surface area contributed by atoms with Gasteiger partial charge in [0.2, 0.25) is 0 Å². The molecule has 0 nitrogen and oxygen atoms in total. The van der Waals surface area contributed by atoms with Gasteiger partial charge in [-0.05, 0) is 6.42 Å². The number of rotatable bonds is 0. The van der Waals surface area contributed by atoms with Crippen LogP contribution in [0.3, 0.4) is 0 Å². The summed E-state index contributed by atoms with van der Waals surface area (Å²) in [7, 11) is 0. The second kappa shape index (κ2) is 0.839. The summed E-state index contributed by atoms with van der Waals surface area (Å²) in [5.74, 6) is 0. The van der Waals surface area contributed by atoms with Crippen LogP contribution < -0.4 is 0 Å². The van der Waals surface area contributed by atoms with Crippen LogP contribution in [0.15, 0.2) is 0 Å². The van der Waals surface area contributed by atoms with Crippen molar-refractivity contribution in [3.05, 3.63) is 0 Å². The molecule has 0 aromatic heterocycles. The minimum Gasteiger partial charge on any atom is -0.246 e. The van der Waals surface area contributed by atoms with Crippen LogP contribution in [0.4, 0.5) is 4.39 Å². The van der Waals surface area contributed by atoms with Crippen molar-refractivity contribution >= 4 is 11.6 Å². The summed E-state index contributed by atoms with van der Waals surface area (Å²) in [6, 6.07) is 0. The lowest BCUT2D eigenvalue weighted by Gasteiger charge is -1.61. The third kappa shape index (κ3) is 0.538. The fraction of sp³-hybridized carbons (Fsp3) is 1.00. The molecule has 0 amide bonds. The van der Waals surface area contributed by atoms with Gasteiger partial charge < -0.3 is 0 Å².